The van der Waals surface area contributed by atoms with Crippen molar-refractivity contribution in [3.63, 3.8) is 0 Å². The molecule has 4 nitrogen and oxygen atoms in total. The van der Waals surface area contributed by atoms with Gasteiger partial charge in [0.05, 0.1) is 6.20 Å². The van der Waals surface area contributed by atoms with Crippen LogP contribution in [0.5, 0.6) is 0 Å². The van der Waals surface area contributed by atoms with Crippen LogP contribution in [-0.2, 0) is 4.79 Å². The summed E-state index contributed by atoms with van der Waals surface area (Å²) in [7, 11) is 0. The van der Waals surface area contributed by atoms with Crippen molar-refractivity contribution in [1.29, 1.82) is 0 Å². The summed E-state index contributed by atoms with van der Waals surface area (Å²) >= 11 is 0. The van der Waals surface area contributed by atoms with Gasteiger partial charge < -0.3 is 11.1 Å². The molecule has 0 radical (unpaired) electrons. The maximum atomic E-state index is 10.5. The zero-order valence-electron chi connectivity index (χ0n) is 5.24. The molecule has 0 saturated carbocycles. The lowest BCUT2D eigenvalue weighted by molar-refractivity contribution is -0.114. The van der Waals surface area contributed by atoms with E-state index in [9.17, 15) is 4.79 Å². The van der Waals surface area contributed by atoms with E-state index in [4.69, 9.17) is 5.73 Å². The minimum atomic E-state index is -0.510. The van der Waals surface area contributed by atoms with E-state index in [-0.39, 0.29) is 0 Å². The monoisotopic (exact) mass is 137 g/mol. The molecule has 0 aromatic carbocycles. The number of hydrogen-bond donors (Lipinski definition) is 2. The molecular formula is C6H7N3O. The molecule has 1 heterocycles. The number of rotatable bonds is 1. The molecule has 3 N–H and O–H groups in total. The number of carbonyl (C=O) groups is 1. The summed E-state index contributed by atoms with van der Waals surface area (Å²) in [5.41, 5.74) is 5.26. The van der Waals surface area contributed by atoms with Crippen LogP contribution in [0.1, 0.15) is 0 Å². The van der Waals surface area contributed by atoms with Crippen LogP contribution < -0.4 is 11.1 Å². The summed E-state index contributed by atoms with van der Waals surface area (Å²) < 4.78 is 0. The number of primary amides is 1. The molecule has 1 rings (SSSR count). The highest BCUT2D eigenvalue weighted by Gasteiger charge is 2.00. The lowest BCUT2D eigenvalue weighted by atomic mass is 10.4. The van der Waals surface area contributed by atoms with Crippen molar-refractivity contribution in [1.82, 2.24) is 5.32 Å². The van der Waals surface area contributed by atoms with Crippen molar-refractivity contribution >= 4 is 12.1 Å². The molecule has 1 amide bonds. The van der Waals surface area contributed by atoms with Gasteiger partial charge in [0, 0.05) is 12.4 Å². The van der Waals surface area contributed by atoms with Gasteiger partial charge in [-0.2, -0.15) is 0 Å². The van der Waals surface area contributed by atoms with Gasteiger partial charge in [0.25, 0.3) is 5.91 Å². The molecule has 0 atom stereocenters. The van der Waals surface area contributed by atoms with Crippen LogP contribution in [0, 0.1) is 0 Å². The lowest BCUT2D eigenvalue weighted by Gasteiger charge is -1.96. The molecule has 0 fully saturated rings. The lowest BCUT2D eigenvalue weighted by Crippen LogP contribution is -2.22. The number of nitrogens with one attached hydrogen (secondary N) is 1. The molecule has 0 aliphatic carbocycles. The van der Waals surface area contributed by atoms with E-state index in [0.29, 0.717) is 5.70 Å². The number of allylic oxidation sites excluding steroid dienone is 1. The molecule has 0 bridgehead atoms. The van der Waals surface area contributed by atoms with Crippen molar-refractivity contribution < 1.29 is 4.79 Å². The van der Waals surface area contributed by atoms with E-state index in [0.717, 1.165) is 0 Å². The fourth-order valence-corrected chi connectivity index (χ4v) is 0.520. The highest BCUT2D eigenvalue weighted by Crippen LogP contribution is 1.90. The highest BCUT2D eigenvalue weighted by atomic mass is 16.1. The average molecular weight is 137 g/mol. The highest BCUT2D eigenvalue weighted by molar-refractivity contribution is 5.92. The van der Waals surface area contributed by atoms with Crippen LogP contribution in [0.4, 0.5) is 0 Å². The molecule has 4 heteroatoms. The van der Waals surface area contributed by atoms with Gasteiger partial charge in [-0.25, -0.2) is 0 Å². The van der Waals surface area contributed by atoms with E-state index in [1.807, 2.05) is 0 Å². The van der Waals surface area contributed by atoms with Crippen LogP contribution in [0.15, 0.2) is 29.2 Å². The standard InChI is InChI=1S/C6H7N3O/c7-6(10)5-4-8-2-1-3-9-5/h1-4,9H,(H2,7,10). The van der Waals surface area contributed by atoms with E-state index >= 15 is 0 Å². The number of nitrogens with two attached hydrogens (primary N) is 1. The molecule has 0 spiro atoms. The Labute approximate surface area is 58.1 Å². The number of aliphatic imine (C=N–C) groups is 1. The fraction of sp³-hybridized carbons (Fsp3) is 0. The molecule has 0 aromatic heterocycles. The van der Waals surface area contributed by atoms with E-state index in [1.165, 1.54) is 6.20 Å². The second kappa shape index (κ2) is 2.82. The van der Waals surface area contributed by atoms with Gasteiger partial charge in [-0.3, -0.25) is 9.79 Å². The maximum Gasteiger partial charge on any atom is 0.266 e. The van der Waals surface area contributed by atoms with Crippen molar-refractivity contribution in [2.45, 2.75) is 0 Å². The average Bonchev–Trinajstić information content (AvgIpc) is 2.12. The van der Waals surface area contributed by atoms with Gasteiger partial charge in [-0.15, -0.1) is 0 Å². The summed E-state index contributed by atoms with van der Waals surface area (Å²) in [5.74, 6) is -0.510. The summed E-state index contributed by atoms with van der Waals surface area (Å²) in [6.07, 6.45) is 6.20. The maximum absolute atomic E-state index is 10.5. The fourth-order valence-electron chi connectivity index (χ4n) is 0.520. The van der Waals surface area contributed by atoms with Gasteiger partial charge in [0.15, 0.2) is 0 Å². The molecule has 0 unspecified atom stereocenters. The first-order valence-electron chi connectivity index (χ1n) is 2.75. The van der Waals surface area contributed by atoms with E-state index in [2.05, 4.69) is 10.3 Å². The minimum absolute atomic E-state index is 0.296. The molecule has 0 aromatic rings. The van der Waals surface area contributed by atoms with Gasteiger partial charge in [0.1, 0.15) is 5.70 Å². The summed E-state index contributed by atoms with van der Waals surface area (Å²) in [6.45, 7) is 0. The van der Waals surface area contributed by atoms with Gasteiger partial charge in [-0.1, -0.05) is 0 Å². The van der Waals surface area contributed by atoms with Gasteiger partial charge in [-0.05, 0) is 6.08 Å². The van der Waals surface area contributed by atoms with E-state index < -0.39 is 5.91 Å². The smallest absolute Gasteiger partial charge is 0.266 e. The molecular weight excluding hydrogens is 130 g/mol. The predicted octanol–water partition coefficient (Wildman–Crippen LogP) is -0.499. The Balaban J connectivity index is 2.78. The largest absolute Gasteiger partial charge is 0.364 e. The second-order valence-electron chi connectivity index (χ2n) is 1.71. The third-order valence-corrected chi connectivity index (χ3v) is 0.976. The number of amides is 1. The topological polar surface area (TPSA) is 67.5 Å². The van der Waals surface area contributed by atoms with Gasteiger partial charge >= 0.3 is 0 Å². The zero-order chi connectivity index (χ0) is 7.40. The number of hydrogen-bond acceptors (Lipinski definition) is 3. The quantitative estimate of drug-likeness (QED) is 0.511. The van der Waals surface area contributed by atoms with Crippen LogP contribution in [0.3, 0.4) is 0 Å². The van der Waals surface area contributed by atoms with Crippen LogP contribution in [0.2, 0.25) is 0 Å². The van der Waals surface area contributed by atoms with Crippen molar-refractivity contribution in [3.05, 3.63) is 24.2 Å². The Morgan fingerprint density at radius 2 is 2.50 bits per heavy atom. The normalized spacial score (nSPS) is 15.4. The van der Waals surface area contributed by atoms with E-state index in [1.54, 1.807) is 18.5 Å². The second-order valence-corrected chi connectivity index (χ2v) is 1.71. The first-order chi connectivity index (χ1) is 4.80. The molecule has 52 valence electrons. The Morgan fingerprint density at radius 1 is 1.70 bits per heavy atom. The first-order valence-corrected chi connectivity index (χ1v) is 2.75. The zero-order valence-corrected chi connectivity index (χ0v) is 5.24. The van der Waals surface area contributed by atoms with Crippen LogP contribution in [-0.4, -0.2) is 12.1 Å². The first kappa shape index (κ1) is 6.54. The van der Waals surface area contributed by atoms with Crippen molar-refractivity contribution in [3.8, 4) is 0 Å². The molecule has 10 heavy (non-hydrogen) atoms. The summed E-state index contributed by atoms with van der Waals surface area (Å²) in [4.78, 5) is 14.2. The molecule has 1 aliphatic rings. The Hall–Kier alpha value is -1.58. The Bertz CT molecular complexity index is 227. The minimum Gasteiger partial charge on any atom is -0.364 e. The van der Waals surface area contributed by atoms with Gasteiger partial charge in [0.2, 0.25) is 0 Å². The number of carbonyl (C=O) groups excluding carboxylic acids is 1. The van der Waals surface area contributed by atoms with Crippen molar-refractivity contribution in [2.75, 3.05) is 0 Å². The molecule has 0 saturated heterocycles. The Kier molecular flexibility index (Phi) is 1.84. The Morgan fingerprint density at radius 3 is 3.20 bits per heavy atom. The SMILES string of the molecule is NC(=O)C1=CN=CC=CN1. The van der Waals surface area contributed by atoms with Crippen LogP contribution in [0.25, 0.3) is 0 Å². The number of nitrogens with zero attached hydrogens (tertiary/aromatic N) is 1. The van der Waals surface area contributed by atoms with Crippen LogP contribution >= 0.6 is 0 Å². The third-order valence-electron chi connectivity index (χ3n) is 0.976. The van der Waals surface area contributed by atoms with Crippen molar-refractivity contribution in [2.24, 2.45) is 10.7 Å². The predicted molar refractivity (Wildman–Crippen MR) is 38.0 cm³/mol. The summed E-state index contributed by atoms with van der Waals surface area (Å²) in [6, 6.07) is 0. The summed E-state index contributed by atoms with van der Waals surface area (Å²) in [5, 5.41) is 2.66. The third kappa shape index (κ3) is 1.45. The molecule has 1 aliphatic heterocycles.